The second-order valence-corrected chi connectivity index (χ2v) is 8.80. The monoisotopic (exact) mass is 320 g/mol. The minimum Gasteiger partial charge on any atom is -0.508 e. The van der Waals surface area contributed by atoms with Gasteiger partial charge in [-0.05, 0) is 66.9 Å². The lowest BCUT2D eigenvalue weighted by Crippen LogP contribution is -2.58. The van der Waals surface area contributed by atoms with Crippen molar-refractivity contribution in [2.45, 2.75) is 57.8 Å². The number of aliphatic hydroxyl groups excluding tert-OH is 4. The molecule has 3 fully saturated rings. The zero-order chi connectivity index (χ0) is 16.6. The number of rotatable bonds is 0. The van der Waals surface area contributed by atoms with Crippen LogP contribution in [-0.2, 0) is 0 Å². The van der Waals surface area contributed by atoms with Crippen LogP contribution in [0.4, 0.5) is 0 Å². The van der Waals surface area contributed by atoms with Gasteiger partial charge in [0.05, 0.1) is 18.3 Å². The molecule has 4 heteroatoms. The van der Waals surface area contributed by atoms with Crippen molar-refractivity contribution in [1.29, 1.82) is 0 Å². The van der Waals surface area contributed by atoms with Crippen LogP contribution >= 0.6 is 0 Å². The Bertz CT molecular complexity index is 570. The normalized spacial score (nSPS) is 58.1. The Kier molecular flexibility index (Phi) is 3.30. The quantitative estimate of drug-likeness (QED) is 0.551. The third-order valence-corrected chi connectivity index (χ3v) is 7.74. The molecule has 0 aromatic carbocycles. The van der Waals surface area contributed by atoms with E-state index in [1.54, 1.807) is 6.08 Å². The largest absolute Gasteiger partial charge is 0.508 e. The van der Waals surface area contributed by atoms with Crippen molar-refractivity contribution in [3.05, 3.63) is 24.0 Å². The minimum atomic E-state index is -0.737. The van der Waals surface area contributed by atoms with Crippen LogP contribution in [0.3, 0.4) is 0 Å². The molecular weight excluding hydrogens is 292 g/mol. The van der Waals surface area contributed by atoms with Gasteiger partial charge in [-0.1, -0.05) is 19.9 Å². The fraction of sp³-hybridized carbons (Fsp3) is 0.789. The summed E-state index contributed by atoms with van der Waals surface area (Å²) in [6, 6.07) is 0. The van der Waals surface area contributed by atoms with Crippen LogP contribution in [0, 0.1) is 34.5 Å². The first kappa shape index (κ1) is 15.7. The molecular formula is C19H28O4. The summed E-state index contributed by atoms with van der Waals surface area (Å²) in [6.45, 7) is 4.23. The van der Waals surface area contributed by atoms with Crippen molar-refractivity contribution in [2.24, 2.45) is 34.5 Å². The van der Waals surface area contributed by atoms with E-state index in [1.807, 2.05) is 13.0 Å². The highest BCUT2D eigenvalue weighted by Gasteiger charge is 2.63. The predicted octanol–water partition coefficient (Wildman–Crippen LogP) is 2.16. The first-order valence-electron chi connectivity index (χ1n) is 8.91. The fourth-order valence-electron chi connectivity index (χ4n) is 6.58. The molecule has 0 aliphatic heterocycles. The van der Waals surface area contributed by atoms with E-state index in [2.05, 4.69) is 13.0 Å². The van der Waals surface area contributed by atoms with E-state index >= 15 is 0 Å². The zero-order valence-corrected chi connectivity index (χ0v) is 13.9. The number of allylic oxidation sites excluding steroid dienone is 3. The van der Waals surface area contributed by atoms with Crippen LogP contribution in [0.25, 0.3) is 0 Å². The van der Waals surface area contributed by atoms with Gasteiger partial charge >= 0.3 is 0 Å². The van der Waals surface area contributed by atoms with Gasteiger partial charge in [0, 0.05) is 5.41 Å². The topological polar surface area (TPSA) is 80.9 Å². The molecule has 4 unspecified atom stereocenters. The average molecular weight is 320 g/mol. The Balaban J connectivity index is 1.73. The Labute approximate surface area is 137 Å². The van der Waals surface area contributed by atoms with Crippen molar-refractivity contribution < 1.29 is 20.4 Å². The smallest absolute Gasteiger partial charge is 0.111 e. The molecule has 4 N–H and O–H groups in total. The van der Waals surface area contributed by atoms with Gasteiger partial charge in [-0.2, -0.15) is 0 Å². The maximum Gasteiger partial charge on any atom is 0.111 e. The fourth-order valence-corrected chi connectivity index (χ4v) is 6.58. The molecule has 0 spiro atoms. The molecule has 23 heavy (non-hydrogen) atoms. The van der Waals surface area contributed by atoms with Crippen molar-refractivity contribution >= 4 is 0 Å². The van der Waals surface area contributed by atoms with Crippen molar-refractivity contribution in [3.63, 3.8) is 0 Å². The van der Waals surface area contributed by atoms with Crippen LogP contribution in [0.15, 0.2) is 24.0 Å². The maximum absolute atomic E-state index is 11.0. The summed E-state index contributed by atoms with van der Waals surface area (Å²) in [5.74, 6) is 1.27. The van der Waals surface area contributed by atoms with Crippen molar-refractivity contribution in [3.8, 4) is 0 Å². The Morgan fingerprint density at radius 2 is 1.83 bits per heavy atom. The van der Waals surface area contributed by atoms with Crippen LogP contribution in [0.1, 0.15) is 39.5 Å². The Morgan fingerprint density at radius 1 is 1.09 bits per heavy atom. The first-order chi connectivity index (χ1) is 10.8. The standard InChI is InChI=1S/C19H28O4/c1-18-6-5-11(20)7-10(18)3-4-12-13-8-14(21)17(23)19(13,2)9-15(22)16(12)18/h5-7,10,12-17,20-23H,3-4,8-9H2,1-2H3/t10?,12-,13-,14?,15?,16-,17?,18-,19-/m0/s1. The van der Waals surface area contributed by atoms with E-state index < -0.39 is 18.3 Å². The summed E-state index contributed by atoms with van der Waals surface area (Å²) in [5, 5.41) is 41.5. The van der Waals surface area contributed by atoms with Crippen molar-refractivity contribution in [2.75, 3.05) is 0 Å². The maximum atomic E-state index is 11.0. The van der Waals surface area contributed by atoms with Gasteiger partial charge in [-0.15, -0.1) is 0 Å². The van der Waals surface area contributed by atoms with Gasteiger partial charge in [-0.3, -0.25) is 0 Å². The summed E-state index contributed by atoms with van der Waals surface area (Å²) in [5.41, 5.74) is -0.548. The van der Waals surface area contributed by atoms with Gasteiger partial charge in [0.1, 0.15) is 5.76 Å². The summed E-state index contributed by atoms with van der Waals surface area (Å²) in [4.78, 5) is 0. The lowest BCUT2D eigenvalue weighted by atomic mass is 9.46. The third kappa shape index (κ3) is 1.95. The molecule has 0 heterocycles. The van der Waals surface area contributed by atoms with E-state index in [1.165, 1.54) is 0 Å². The molecule has 3 saturated carbocycles. The van der Waals surface area contributed by atoms with Gasteiger partial charge in [0.25, 0.3) is 0 Å². The van der Waals surface area contributed by atoms with E-state index in [0.717, 1.165) is 12.8 Å². The molecule has 4 rings (SSSR count). The van der Waals surface area contributed by atoms with Crippen molar-refractivity contribution in [1.82, 2.24) is 0 Å². The van der Waals surface area contributed by atoms with E-state index in [0.29, 0.717) is 24.5 Å². The third-order valence-electron chi connectivity index (χ3n) is 7.74. The van der Waals surface area contributed by atoms with Gasteiger partial charge < -0.3 is 20.4 Å². The molecule has 4 aliphatic carbocycles. The summed E-state index contributed by atoms with van der Waals surface area (Å²) in [7, 11) is 0. The molecule has 9 atom stereocenters. The van der Waals surface area contributed by atoms with Gasteiger partial charge in [-0.25, -0.2) is 0 Å². The van der Waals surface area contributed by atoms with Crippen LogP contribution in [0.5, 0.6) is 0 Å². The van der Waals surface area contributed by atoms with Crippen LogP contribution in [-0.4, -0.2) is 38.7 Å². The molecule has 0 amide bonds. The Morgan fingerprint density at radius 3 is 2.57 bits per heavy atom. The lowest BCUT2D eigenvalue weighted by molar-refractivity contribution is -0.151. The molecule has 0 radical (unpaired) electrons. The minimum absolute atomic E-state index is 0.123. The number of hydrogen-bond donors (Lipinski definition) is 4. The zero-order valence-electron chi connectivity index (χ0n) is 13.9. The lowest BCUT2D eigenvalue weighted by Gasteiger charge is -2.59. The molecule has 0 saturated heterocycles. The highest BCUT2D eigenvalue weighted by atomic mass is 16.3. The van der Waals surface area contributed by atoms with E-state index in [-0.39, 0.29) is 28.6 Å². The van der Waals surface area contributed by atoms with Crippen LogP contribution in [0.2, 0.25) is 0 Å². The average Bonchev–Trinajstić information content (AvgIpc) is 2.71. The molecule has 0 aromatic heterocycles. The van der Waals surface area contributed by atoms with E-state index in [9.17, 15) is 20.4 Å². The summed E-state index contributed by atoms with van der Waals surface area (Å²) >= 11 is 0. The second-order valence-electron chi connectivity index (χ2n) is 8.80. The molecule has 4 aliphatic rings. The van der Waals surface area contributed by atoms with Gasteiger partial charge in [0.15, 0.2) is 0 Å². The SMILES string of the molecule is C[C@]12C=CC(O)=CC1CC[C@@H]1[C@H]2C(O)C[C@]2(C)C(O)C(O)C[C@@H]12. The predicted molar refractivity (Wildman–Crippen MR) is 86.5 cm³/mol. The highest BCUT2D eigenvalue weighted by molar-refractivity contribution is 5.28. The highest BCUT2D eigenvalue weighted by Crippen LogP contribution is 2.64. The number of fused-ring (bicyclic) bond motifs is 5. The Hall–Kier alpha value is -0.840. The van der Waals surface area contributed by atoms with Crippen LogP contribution < -0.4 is 0 Å². The summed E-state index contributed by atoms with van der Waals surface area (Å²) in [6.07, 6.45) is 7.04. The number of aliphatic hydroxyl groups is 4. The first-order valence-corrected chi connectivity index (χ1v) is 8.91. The van der Waals surface area contributed by atoms with E-state index in [4.69, 9.17) is 0 Å². The molecule has 4 nitrogen and oxygen atoms in total. The van der Waals surface area contributed by atoms with Gasteiger partial charge in [0.2, 0.25) is 0 Å². The summed E-state index contributed by atoms with van der Waals surface area (Å²) < 4.78 is 0. The molecule has 0 aromatic rings. The molecule has 0 bridgehead atoms. The number of hydrogen-bond acceptors (Lipinski definition) is 4. The second kappa shape index (κ2) is 4.84. The molecule has 128 valence electrons.